The van der Waals surface area contributed by atoms with Crippen molar-refractivity contribution in [1.82, 2.24) is 10.2 Å². The molecule has 0 bridgehead atoms. The molecule has 94 valence electrons. The molecule has 0 aromatic carbocycles. The number of likely N-dealkylation sites (tertiary alicyclic amines) is 1. The maximum atomic E-state index is 12.0. The van der Waals surface area contributed by atoms with Crippen molar-refractivity contribution in [2.75, 3.05) is 19.6 Å². The van der Waals surface area contributed by atoms with Gasteiger partial charge in [-0.15, -0.1) is 0 Å². The first kappa shape index (κ1) is 13.5. The Morgan fingerprint density at radius 2 is 2.12 bits per heavy atom. The predicted molar refractivity (Wildman–Crippen MR) is 64.2 cm³/mol. The fraction of sp³-hybridized carbons (Fsp3) is 0.917. The Morgan fingerprint density at radius 3 is 2.62 bits per heavy atom. The number of amides is 1. The van der Waals surface area contributed by atoms with Gasteiger partial charge in [0.1, 0.15) is 0 Å². The number of β-amino-alcohol motifs (C(OH)–C–C–N with tert-alkyl or cyclic N) is 1. The van der Waals surface area contributed by atoms with Crippen molar-refractivity contribution in [3.8, 4) is 0 Å². The molecule has 2 N–H and O–H groups in total. The van der Waals surface area contributed by atoms with E-state index >= 15 is 0 Å². The van der Waals surface area contributed by atoms with Gasteiger partial charge in [-0.2, -0.15) is 0 Å². The van der Waals surface area contributed by atoms with E-state index in [9.17, 15) is 9.90 Å². The van der Waals surface area contributed by atoms with Crippen molar-refractivity contribution in [3.05, 3.63) is 0 Å². The molecule has 1 unspecified atom stereocenters. The van der Waals surface area contributed by atoms with E-state index in [1.165, 1.54) is 12.8 Å². The summed E-state index contributed by atoms with van der Waals surface area (Å²) < 4.78 is 0. The largest absolute Gasteiger partial charge is 0.389 e. The first-order valence-electron chi connectivity index (χ1n) is 6.39. The minimum atomic E-state index is -0.304. The Labute approximate surface area is 98.0 Å². The highest BCUT2D eigenvalue weighted by molar-refractivity contribution is 5.82. The number of aliphatic hydroxyl groups excluding tert-OH is 1. The van der Waals surface area contributed by atoms with Crippen molar-refractivity contribution < 1.29 is 9.90 Å². The zero-order chi connectivity index (χ0) is 12.0. The van der Waals surface area contributed by atoms with Crippen molar-refractivity contribution in [2.45, 2.75) is 51.7 Å². The van der Waals surface area contributed by atoms with Gasteiger partial charge in [0.25, 0.3) is 0 Å². The summed E-state index contributed by atoms with van der Waals surface area (Å²) in [6, 6.07) is -0.0518. The Bertz CT molecular complexity index is 215. The smallest absolute Gasteiger partial charge is 0.239 e. The summed E-state index contributed by atoms with van der Waals surface area (Å²) >= 11 is 0. The van der Waals surface area contributed by atoms with Gasteiger partial charge in [0.05, 0.1) is 12.1 Å². The van der Waals surface area contributed by atoms with E-state index < -0.39 is 0 Å². The van der Waals surface area contributed by atoms with Gasteiger partial charge in [-0.1, -0.05) is 33.1 Å². The van der Waals surface area contributed by atoms with Gasteiger partial charge < -0.3 is 15.3 Å². The van der Waals surface area contributed by atoms with Gasteiger partial charge in [-0.05, 0) is 13.0 Å². The van der Waals surface area contributed by atoms with Gasteiger partial charge in [0.15, 0.2) is 0 Å². The number of unbranched alkanes of at least 4 members (excludes halogenated alkanes) is 2. The fourth-order valence-electron chi connectivity index (χ4n) is 2.01. The second-order valence-corrected chi connectivity index (χ2v) is 4.50. The number of hydrogen-bond acceptors (Lipinski definition) is 3. The summed E-state index contributed by atoms with van der Waals surface area (Å²) in [6.07, 6.45) is 4.05. The normalized spacial score (nSPS) is 18.3. The Hall–Kier alpha value is -0.610. The van der Waals surface area contributed by atoms with Crippen LogP contribution in [0.1, 0.15) is 39.5 Å². The highest BCUT2D eigenvalue weighted by Gasteiger charge is 2.32. The lowest BCUT2D eigenvalue weighted by molar-refractivity contribution is -0.143. The van der Waals surface area contributed by atoms with Crippen LogP contribution in [0.5, 0.6) is 0 Å². The molecular formula is C12H24N2O2. The predicted octanol–water partition coefficient (Wildman–Crippen LogP) is 0.748. The average Bonchev–Trinajstić information content (AvgIpc) is 2.23. The zero-order valence-electron chi connectivity index (χ0n) is 10.4. The standard InChI is InChI=1S/C12H24N2O2/c1-3-5-6-7-11(13-4-2)12(16)14-8-10(15)9-14/h10-11,13,15H,3-9H2,1-2H3. The molecule has 4 nitrogen and oxygen atoms in total. The Balaban J connectivity index is 2.33. The van der Waals surface area contributed by atoms with Crippen LogP contribution in [-0.2, 0) is 4.79 Å². The number of nitrogens with zero attached hydrogens (tertiary/aromatic N) is 1. The lowest BCUT2D eigenvalue weighted by Gasteiger charge is -2.38. The molecule has 1 aliphatic rings. The number of aliphatic hydroxyl groups is 1. The summed E-state index contributed by atoms with van der Waals surface area (Å²) in [5, 5.41) is 12.4. The Kier molecular flexibility index (Phi) is 5.77. The quantitative estimate of drug-likeness (QED) is 0.632. The molecule has 0 spiro atoms. The van der Waals surface area contributed by atoms with E-state index in [0.29, 0.717) is 13.1 Å². The molecule has 0 aromatic heterocycles. The lowest BCUT2D eigenvalue weighted by atomic mass is 10.0. The van der Waals surface area contributed by atoms with Gasteiger partial charge in [0.2, 0.25) is 5.91 Å². The molecule has 16 heavy (non-hydrogen) atoms. The maximum Gasteiger partial charge on any atom is 0.239 e. The number of rotatable bonds is 7. The summed E-state index contributed by atoms with van der Waals surface area (Å²) in [5.41, 5.74) is 0. The van der Waals surface area contributed by atoms with Crippen molar-refractivity contribution in [2.24, 2.45) is 0 Å². The van der Waals surface area contributed by atoms with Crippen molar-refractivity contribution in [3.63, 3.8) is 0 Å². The molecule has 1 fully saturated rings. The van der Waals surface area contributed by atoms with Crippen LogP contribution >= 0.6 is 0 Å². The number of hydrogen-bond donors (Lipinski definition) is 2. The van der Waals surface area contributed by atoms with Gasteiger partial charge in [-0.3, -0.25) is 4.79 Å². The second-order valence-electron chi connectivity index (χ2n) is 4.50. The van der Waals surface area contributed by atoms with Gasteiger partial charge in [-0.25, -0.2) is 0 Å². The van der Waals surface area contributed by atoms with Crippen LogP contribution in [0.3, 0.4) is 0 Å². The van der Waals surface area contributed by atoms with Crippen LogP contribution in [0.25, 0.3) is 0 Å². The molecular weight excluding hydrogens is 204 g/mol. The molecule has 1 aliphatic heterocycles. The van der Waals surface area contributed by atoms with E-state index in [0.717, 1.165) is 19.4 Å². The van der Waals surface area contributed by atoms with E-state index in [1.54, 1.807) is 4.90 Å². The van der Waals surface area contributed by atoms with Gasteiger partial charge in [0, 0.05) is 13.1 Å². The first-order chi connectivity index (χ1) is 7.69. The molecule has 1 heterocycles. The molecule has 0 radical (unpaired) electrons. The van der Waals surface area contributed by atoms with E-state index in [4.69, 9.17) is 0 Å². The molecule has 0 aromatic rings. The SMILES string of the molecule is CCCCCC(NCC)C(=O)N1CC(O)C1. The number of carbonyl (C=O) groups is 1. The lowest BCUT2D eigenvalue weighted by Crippen LogP contribution is -2.58. The number of nitrogens with one attached hydrogen (secondary N) is 1. The van der Waals surface area contributed by atoms with E-state index in [2.05, 4.69) is 12.2 Å². The third-order valence-electron chi connectivity index (χ3n) is 3.02. The number of likely N-dealkylation sites (N-methyl/N-ethyl adjacent to an activating group) is 1. The second kappa shape index (κ2) is 6.86. The average molecular weight is 228 g/mol. The molecule has 4 heteroatoms. The van der Waals surface area contributed by atoms with E-state index in [-0.39, 0.29) is 18.1 Å². The monoisotopic (exact) mass is 228 g/mol. The highest BCUT2D eigenvalue weighted by atomic mass is 16.3. The molecule has 1 saturated heterocycles. The minimum absolute atomic E-state index is 0.0518. The molecule has 1 atom stereocenters. The maximum absolute atomic E-state index is 12.0. The molecule has 1 amide bonds. The first-order valence-corrected chi connectivity index (χ1v) is 6.39. The van der Waals surface area contributed by atoms with Crippen LogP contribution in [0, 0.1) is 0 Å². The minimum Gasteiger partial charge on any atom is -0.389 e. The topological polar surface area (TPSA) is 52.6 Å². The fourth-order valence-corrected chi connectivity index (χ4v) is 2.01. The zero-order valence-corrected chi connectivity index (χ0v) is 10.4. The highest BCUT2D eigenvalue weighted by Crippen LogP contribution is 2.12. The van der Waals surface area contributed by atoms with Crippen LogP contribution in [0.4, 0.5) is 0 Å². The van der Waals surface area contributed by atoms with E-state index in [1.807, 2.05) is 6.92 Å². The third kappa shape index (κ3) is 3.76. The van der Waals surface area contributed by atoms with Crippen LogP contribution in [0.15, 0.2) is 0 Å². The molecule has 0 saturated carbocycles. The third-order valence-corrected chi connectivity index (χ3v) is 3.02. The molecule has 0 aliphatic carbocycles. The summed E-state index contributed by atoms with van der Waals surface area (Å²) in [6.45, 7) is 6.02. The molecule has 1 rings (SSSR count). The van der Waals surface area contributed by atoms with Crippen molar-refractivity contribution in [1.29, 1.82) is 0 Å². The summed E-state index contributed by atoms with van der Waals surface area (Å²) in [5.74, 6) is 0.156. The van der Waals surface area contributed by atoms with Crippen LogP contribution in [-0.4, -0.2) is 47.7 Å². The number of carbonyl (C=O) groups excluding carboxylic acids is 1. The van der Waals surface area contributed by atoms with Crippen molar-refractivity contribution >= 4 is 5.91 Å². The van der Waals surface area contributed by atoms with Crippen LogP contribution in [0.2, 0.25) is 0 Å². The Morgan fingerprint density at radius 1 is 1.44 bits per heavy atom. The van der Waals surface area contributed by atoms with Crippen LogP contribution < -0.4 is 5.32 Å². The summed E-state index contributed by atoms with van der Waals surface area (Å²) in [4.78, 5) is 13.7. The van der Waals surface area contributed by atoms with Gasteiger partial charge >= 0.3 is 0 Å². The summed E-state index contributed by atoms with van der Waals surface area (Å²) in [7, 11) is 0.